The molecule has 0 unspecified atom stereocenters. The van der Waals surface area contributed by atoms with Crippen molar-refractivity contribution in [2.75, 3.05) is 26.2 Å². The second kappa shape index (κ2) is 11.9. The number of aliphatic hydroxyl groups is 1. The molecule has 2 aromatic heterocycles. The summed E-state index contributed by atoms with van der Waals surface area (Å²) in [6.07, 6.45) is 4.08. The Hall–Kier alpha value is -4.15. The number of likely N-dealkylation sites (tertiary alicyclic amines) is 1. The third kappa shape index (κ3) is 5.73. The predicted octanol–water partition coefficient (Wildman–Crippen LogP) is 1.45. The highest BCUT2D eigenvalue weighted by atomic mass is 16.3. The smallest absolute Gasteiger partial charge is 0.242 e. The van der Waals surface area contributed by atoms with Gasteiger partial charge in [-0.15, -0.1) is 0 Å². The van der Waals surface area contributed by atoms with Gasteiger partial charge in [0.15, 0.2) is 0 Å². The van der Waals surface area contributed by atoms with E-state index in [1.165, 1.54) is 11.8 Å². The van der Waals surface area contributed by atoms with Gasteiger partial charge in [0.2, 0.25) is 17.7 Å². The van der Waals surface area contributed by atoms with Crippen LogP contribution in [0.5, 0.6) is 0 Å². The second-order valence-corrected chi connectivity index (χ2v) is 10.5. The summed E-state index contributed by atoms with van der Waals surface area (Å²) in [7, 11) is 0. The summed E-state index contributed by atoms with van der Waals surface area (Å²) < 4.78 is 0. The molecule has 1 fully saturated rings. The fourth-order valence-electron chi connectivity index (χ4n) is 5.51. The van der Waals surface area contributed by atoms with E-state index in [2.05, 4.69) is 20.6 Å². The lowest BCUT2D eigenvalue weighted by Crippen LogP contribution is -2.49. The summed E-state index contributed by atoms with van der Waals surface area (Å²) >= 11 is 0. The SMILES string of the molecule is C[C@@H](O)[C@H](N)C(=O)N1C[C@@H](C(=O)NCCc2c[nH]c3ccccc23)[C@H](C(=O)NCCc2c[nH]c3ccccc23)C1. The van der Waals surface area contributed by atoms with Gasteiger partial charge in [0, 0.05) is 60.4 Å². The minimum absolute atomic E-state index is 0.0682. The molecule has 210 valence electrons. The maximum absolute atomic E-state index is 13.3. The van der Waals surface area contributed by atoms with Crippen molar-refractivity contribution in [2.45, 2.75) is 31.9 Å². The molecule has 0 bridgehead atoms. The van der Waals surface area contributed by atoms with Gasteiger partial charge in [-0.3, -0.25) is 14.4 Å². The molecule has 5 rings (SSSR count). The van der Waals surface area contributed by atoms with Gasteiger partial charge in [-0.1, -0.05) is 36.4 Å². The van der Waals surface area contributed by atoms with Crippen molar-refractivity contribution in [1.82, 2.24) is 25.5 Å². The molecule has 0 radical (unpaired) electrons. The monoisotopic (exact) mass is 544 g/mol. The van der Waals surface area contributed by atoms with Gasteiger partial charge < -0.3 is 36.3 Å². The van der Waals surface area contributed by atoms with Crippen LogP contribution in [0, 0.1) is 11.8 Å². The number of para-hydroxylation sites is 2. The van der Waals surface area contributed by atoms with Crippen LogP contribution >= 0.6 is 0 Å². The lowest BCUT2D eigenvalue weighted by atomic mass is 9.94. The van der Waals surface area contributed by atoms with Crippen LogP contribution in [0.1, 0.15) is 18.1 Å². The van der Waals surface area contributed by atoms with Gasteiger partial charge in [0.05, 0.1) is 17.9 Å². The molecule has 2 aromatic carbocycles. The van der Waals surface area contributed by atoms with Gasteiger partial charge in [0.25, 0.3) is 0 Å². The summed E-state index contributed by atoms with van der Waals surface area (Å²) in [5, 5.41) is 18.0. The van der Waals surface area contributed by atoms with E-state index in [4.69, 9.17) is 5.73 Å². The third-order valence-corrected chi connectivity index (χ3v) is 7.85. The largest absolute Gasteiger partial charge is 0.391 e. The normalized spacial score (nSPS) is 18.6. The molecule has 4 atom stereocenters. The number of nitrogens with two attached hydrogens (primary N) is 1. The summed E-state index contributed by atoms with van der Waals surface area (Å²) in [6.45, 7) is 2.38. The molecule has 0 spiro atoms. The second-order valence-electron chi connectivity index (χ2n) is 10.5. The van der Waals surface area contributed by atoms with Crippen LogP contribution in [0.15, 0.2) is 60.9 Å². The van der Waals surface area contributed by atoms with Crippen LogP contribution < -0.4 is 16.4 Å². The van der Waals surface area contributed by atoms with Gasteiger partial charge in [-0.25, -0.2) is 0 Å². The van der Waals surface area contributed by atoms with Crippen LogP contribution in [0.2, 0.25) is 0 Å². The number of aromatic amines is 2. The quantitative estimate of drug-likeness (QED) is 0.178. The molecule has 3 heterocycles. The van der Waals surface area contributed by atoms with E-state index >= 15 is 0 Å². The zero-order chi connectivity index (χ0) is 28.2. The Kier molecular flexibility index (Phi) is 8.18. The Morgan fingerprint density at radius 3 is 1.77 bits per heavy atom. The van der Waals surface area contributed by atoms with Crippen molar-refractivity contribution in [3.05, 3.63) is 72.1 Å². The number of amides is 3. The average molecular weight is 545 g/mol. The predicted molar refractivity (Wildman–Crippen MR) is 153 cm³/mol. The Balaban J connectivity index is 1.22. The number of aromatic nitrogens is 2. The number of H-pyrrole nitrogens is 2. The molecule has 1 saturated heterocycles. The van der Waals surface area contributed by atoms with Gasteiger partial charge in [0.1, 0.15) is 6.04 Å². The van der Waals surface area contributed by atoms with E-state index < -0.39 is 29.9 Å². The highest BCUT2D eigenvalue weighted by Gasteiger charge is 2.44. The number of hydrogen-bond acceptors (Lipinski definition) is 5. The number of hydrogen-bond donors (Lipinski definition) is 6. The fourth-order valence-corrected chi connectivity index (χ4v) is 5.51. The molecule has 0 aliphatic carbocycles. The van der Waals surface area contributed by atoms with E-state index in [0.717, 1.165) is 32.9 Å². The molecule has 7 N–H and O–H groups in total. The van der Waals surface area contributed by atoms with Gasteiger partial charge in [-0.2, -0.15) is 0 Å². The molecule has 3 amide bonds. The number of fused-ring (bicyclic) bond motifs is 2. The summed E-state index contributed by atoms with van der Waals surface area (Å²) in [5.74, 6) is -2.47. The Labute approximate surface area is 232 Å². The Morgan fingerprint density at radius 2 is 1.32 bits per heavy atom. The van der Waals surface area contributed by atoms with Crippen LogP contribution in [-0.2, 0) is 27.2 Å². The first kappa shape index (κ1) is 27.4. The zero-order valence-corrected chi connectivity index (χ0v) is 22.5. The minimum atomic E-state index is -1.12. The van der Waals surface area contributed by atoms with Crippen molar-refractivity contribution >= 4 is 39.5 Å². The van der Waals surface area contributed by atoms with Crippen molar-refractivity contribution < 1.29 is 19.5 Å². The summed E-state index contributed by atoms with van der Waals surface area (Å²) in [4.78, 5) is 47.4. The third-order valence-electron chi connectivity index (χ3n) is 7.85. The highest BCUT2D eigenvalue weighted by Crippen LogP contribution is 2.26. The molecule has 4 aromatic rings. The first-order chi connectivity index (χ1) is 19.3. The van der Waals surface area contributed by atoms with Crippen molar-refractivity contribution in [3.63, 3.8) is 0 Å². The molecular weight excluding hydrogens is 508 g/mol. The number of rotatable bonds is 10. The van der Waals surface area contributed by atoms with Crippen LogP contribution in [0.4, 0.5) is 0 Å². The average Bonchev–Trinajstić information content (AvgIpc) is 3.69. The highest BCUT2D eigenvalue weighted by molar-refractivity contribution is 5.91. The van der Waals surface area contributed by atoms with Crippen molar-refractivity contribution in [1.29, 1.82) is 0 Å². The fraction of sp³-hybridized carbons (Fsp3) is 0.367. The number of carbonyl (C=O) groups is 3. The number of nitrogens with zero attached hydrogens (tertiary/aromatic N) is 1. The van der Waals surface area contributed by atoms with E-state index in [0.29, 0.717) is 25.9 Å². The van der Waals surface area contributed by atoms with Crippen LogP contribution in [-0.4, -0.2) is 76.0 Å². The standard InChI is InChI=1S/C30H36N6O4/c1-18(37)27(31)30(40)36-16-23(28(38)32-12-10-19-14-34-25-8-4-2-6-21(19)25)24(17-36)29(39)33-13-11-20-15-35-26-9-5-3-7-22(20)26/h2-9,14-15,18,23-24,27,34-35,37H,10-13,16-17,31H2,1H3,(H,32,38)(H,33,39)/t18-,23-,24-,27+/m1/s1. The molecule has 0 saturated carbocycles. The first-order valence-corrected chi connectivity index (χ1v) is 13.7. The lowest BCUT2D eigenvalue weighted by molar-refractivity contribution is -0.134. The van der Waals surface area contributed by atoms with E-state index in [1.54, 1.807) is 0 Å². The molecular formula is C30H36N6O4. The van der Waals surface area contributed by atoms with Gasteiger partial charge in [-0.05, 0) is 43.0 Å². The van der Waals surface area contributed by atoms with Crippen LogP contribution in [0.3, 0.4) is 0 Å². The maximum Gasteiger partial charge on any atom is 0.242 e. The molecule has 10 nitrogen and oxygen atoms in total. The van der Waals surface area contributed by atoms with Crippen molar-refractivity contribution in [2.24, 2.45) is 17.6 Å². The zero-order valence-electron chi connectivity index (χ0n) is 22.5. The maximum atomic E-state index is 13.3. The Bertz CT molecular complexity index is 1410. The van der Waals surface area contributed by atoms with Gasteiger partial charge >= 0.3 is 0 Å². The van der Waals surface area contributed by atoms with Crippen LogP contribution in [0.25, 0.3) is 21.8 Å². The summed E-state index contributed by atoms with van der Waals surface area (Å²) in [5.41, 5.74) is 10.1. The minimum Gasteiger partial charge on any atom is -0.391 e. The molecule has 40 heavy (non-hydrogen) atoms. The topological polar surface area (TPSA) is 156 Å². The molecule has 1 aliphatic heterocycles. The lowest BCUT2D eigenvalue weighted by Gasteiger charge is -2.22. The van der Waals surface area contributed by atoms with Crippen molar-refractivity contribution in [3.8, 4) is 0 Å². The first-order valence-electron chi connectivity index (χ1n) is 13.7. The number of carbonyl (C=O) groups excluding carboxylic acids is 3. The number of aliphatic hydroxyl groups excluding tert-OH is 1. The van der Waals surface area contributed by atoms with E-state index in [9.17, 15) is 19.5 Å². The van der Waals surface area contributed by atoms with E-state index in [1.807, 2.05) is 60.9 Å². The Morgan fingerprint density at radius 1 is 0.875 bits per heavy atom. The molecule has 10 heteroatoms. The van der Waals surface area contributed by atoms with E-state index in [-0.39, 0.29) is 24.9 Å². The number of benzene rings is 2. The number of nitrogens with one attached hydrogen (secondary N) is 4. The summed E-state index contributed by atoms with van der Waals surface area (Å²) in [6, 6.07) is 14.8. The molecule has 1 aliphatic rings.